The number of hydrogen-bond donors (Lipinski definition) is 2. The normalized spacial score (nSPS) is 21.4. The molecule has 0 radical (unpaired) electrons. The van der Waals surface area contributed by atoms with Gasteiger partial charge in [0, 0.05) is 12.6 Å². The standard InChI is InChI=1S/C18H30N2/c1-15(17(19)16-9-5-3-6-10-16)13-20-14-18(2)11-7-4-8-12-18/h3,5-6,9-10,15,17,20H,4,7-8,11-14,19H2,1-2H3. The molecule has 0 heterocycles. The first-order chi connectivity index (χ1) is 9.61. The smallest absolute Gasteiger partial charge is 0.0333 e. The molecule has 1 fully saturated rings. The predicted octanol–water partition coefficient (Wildman–Crippen LogP) is 3.88. The van der Waals surface area contributed by atoms with E-state index in [9.17, 15) is 0 Å². The molecule has 1 aromatic carbocycles. The van der Waals surface area contributed by atoms with Gasteiger partial charge < -0.3 is 11.1 Å². The fraction of sp³-hybridized carbons (Fsp3) is 0.667. The van der Waals surface area contributed by atoms with Crippen molar-refractivity contribution in [2.24, 2.45) is 17.1 Å². The van der Waals surface area contributed by atoms with E-state index in [0.29, 0.717) is 11.3 Å². The number of benzene rings is 1. The molecule has 0 amide bonds. The molecule has 1 saturated carbocycles. The summed E-state index contributed by atoms with van der Waals surface area (Å²) in [5.74, 6) is 0.463. The minimum Gasteiger partial charge on any atom is -0.324 e. The average molecular weight is 274 g/mol. The van der Waals surface area contributed by atoms with Crippen molar-refractivity contribution in [1.82, 2.24) is 5.32 Å². The third-order valence-electron chi connectivity index (χ3n) is 4.88. The minimum atomic E-state index is 0.128. The molecule has 2 rings (SSSR count). The largest absolute Gasteiger partial charge is 0.324 e. The summed E-state index contributed by atoms with van der Waals surface area (Å²) in [6.07, 6.45) is 6.97. The Labute approximate surface area is 124 Å². The highest BCUT2D eigenvalue weighted by Gasteiger charge is 2.26. The van der Waals surface area contributed by atoms with Gasteiger partial charge >= 0.3 is 0 Å². The molecular weight excluding hydrogens is 244 g/mol. The maximum atomic E-state index is 6.35. The SMILES string of the molecule is CC(CNCC1(C)CCCCC1)C(N)c1ccccc1. The van der Waals surface area contributed by atoms with Gasteiger partial charge in [-0.3, -0.25) is 0 Å². The molecule has 0 bridgehead atoms. The first kappa shape index (κ1) is 15.5. The van der Waals surface area contributed by atoms with Crippen molar-refractivity contribution >= 4 is 0 Å². The van der Waals surface area contributed by atoms with E-state index in [1.54, 1.807) is 0 Å². The van der Waals surface area contributed by atoms with Gasteiger partial charge in [0.05, 0.1) is 0 Å². The summed E-state index contributed by atoms with van der Waals surface area (Å²) in [6.45, 7) is 6.82. The van der Waals surface area contributed by atoms with Crippen molar-refractivity contribution in [1.29, 1.82) is 0 Å². The lowest BCUT2D eigenvalue weighted by molar-refractivity contribution is 0.203. The molecule has 0 aromatic heterocycles. The topological polar surface area (TPSA) is 38.0 Å². The van der Waals surface area contributed by atoms with Crippen LogP contribution in [0, 0.1) is 11.3 Å². The molecule has 1 aromatic rings. The van der Waals surface area contributed by atoms with Gasteiger partial charge in [-0.05, 0) is 36.3 Å². The third kappa shape index (κ3) is 4.32. The highest BCUT2D eigenvalue weighted by atomic mass is 14.9. The van der Waals surface area contributed by atoms with Crippen molar-refractivity contribution in [3.8, 4) is 0 Å². The summed E-state index contributed by atoms with van der Waals surface area (Å²) >= 11 is 0. The molecule has 0 spiro atoms. The molecule has 2 nitrogen and oxygen atoms in total. The molecule has 2 heteroatoms. The van der Waals surface area contributed by atoms with Gasteiger partial charge in [0.1, 0.15) is 0 Å². The Morgan fingerprint density at radius 3 is 2.45 bits per heavy atom. The summed E-state index contributed by atoms with van der Waals surface area (Å²) in [5, 5.41) is 3.67. The van der Waals surface area contributed by atoms with Gasteiger partial charge in [0.2, 0.25) is 0 Å². The first-order valence-electron chi connectivity index (χ1n) is 8.12. The van der Waals surface area contributed by atoms with Crippen LogP contribution in [0.25, 0.3) is 0 Å². The minimum absolute atomic E-state index is 0.128. The van der Waals surface area contributed by atoms with E-state index < -0.39 is 0 Å². The zero-order valence-electron chi connectivity index (χ0n) is 13.1. The van der Waals surface area contributed by atoms with Gasteiger partial charge in [0.25, 0.3) is 0 Å². The number of nitrogens with one attached hydrogen (secondary N) is 1. The van der Waals surface area contributed by atoms with Gasteiger partial charge in [-0.25, -0.2) is 0 Å². The summed E-state index contributed by atoms with van der Waals surface area (Å²) in [5.41, 5.74) is 8.10. The lowest BCUT2D eigenvalue weighted by atomic mass is 9.75. The Morgan fingerprint density at radius 2 is 1.80 bits per heavy atom. The molecule has 2 unspecified atom stereocenters. The van der Waals surface area contributed by atoms with E-state index >= 15 is 0 Å². The molecule has 0 aliphatic heterocycles. The van der Waals surface area contributed by atoms with Crippen molar-refractivity contribution in [3.05, 3.63) is 35.9 Å². The monoisotopic (exact) mass is 274 g/mol. The second kappa shape index (κ2) is 7.24. The Hall–Kier alpha value is -0.860. The van der Waals surface area contributed by atoms with Crippen LogP contribution >= 0.6 is 0 Å². The average Bonchev–Trinajstić information content (AvgIpc) is 2.48. The Bertz CT molecular complexity index is 382. The number of nitrogens with two attached hydrogens (primary N) is 1. The maximum absolute atomic E-state index is 6.35. The molecular formula is C18H30N2. The van der Waals surface area contributed by atoms with Gasteiger partial charge in [-0.1, -0.05) is 63.4 Å². The van der Waals surface area contributed by atoms with Crippen LogP contribution < -0.4 is 11.1 Å². The maximum Gasteiger partial charge on any atom is 0.0333 e. The Balaban J connectivity index is 1.76. The van der Waals surface area contributed by atoms with Crippen molar-refractivity contribution < 1.29 is 0 Å². The van der Waals surface area contributed by atoms with E-state index in [-0.39, 0.29) is 6.04 Å². The van der Waals surface area contributed by atoms with Crippen LogP contribution in [0.15, 0.2) is 30.3 Å². The third-order valence-corrected chi connectivity index (χ3v) is 4.88. The van der Waals surface area contributed by atoms with Crippen LogP contribution in [0.4, 0.5) is 0 Å². The van der Waals surface area contributed by atoms with Crippen LogP contribution in [0.2, 0.25) is 0 Å². The Kier molecular flexibility index (Phi) is 5.62. The van der Waals surface area contributed by atoms with Crippen molar-refractivity contribution in [3.63, 3.8) is 0 Å². The van der Waals surface area contributed by atoms with Crippen molar-refractivity contribution in [2.75, 3.05) is 13.1 Å². The van der Waals surface area contributed by atoms with E-state index in [2.05, 4.69) is 43.4 Å². The highest BCUT2D eigenvalue weighted by Crippen LogP contribution is 2.35. The fourth-order valence-corrected chi connectivity index (χ4v) is 3.31. The van der Waals surface area contributed by atoms with Crippen LogP contribution in [0.3, 0.4) is 0 Å². The second-order valence-electron chi connectivity index (χ2n) is 6.92. The van der Waals surface area contributed by atoms with Crippen LogP contribution in [-0.2, 0) is 0 Å². The summed E-state index contributed by atoms with van der Waals surface area (Å²) < 4.78 is 0. The molecule has 112 valence electrons. The number of rotatable bonds is 6. The fourth-order valence-electron chi connectivity index (χ4n) is 3.31. The lowest BCUT2D eigenvalue weighted by Gasteiger charge is -2.34. The highest BCUT2D eigenvalue weighted by molar-refractivity contribution is 5.19. The number of hydrogen-bond acceptors (Lipinski definition) is 2. The van der Waals surface area contributed by atoms with Gasteiger partial charge in [0.15, 0.2) is 0 Å². The van der Waals surface area contributed by atoms with E-state index in [0.717, 1.165) is 13.1 Å². The summed E-state index contributed by atoms with van der Waals surface area (Å²) in [4.78, 5) is 0. The molecule has 3 N–H and O–H groups in total. The zero-order valence-corrected chi connectivity index (χ0v) is 13.1. The van der Waals surface area contributed by atoms with Crippen LogP contribution in [-0.4, -0.2) is 13.1 Å². The van der Waals surface area contributed by atoms with Crippen LogP contribution in [0.1, 0.15) is 57.6 Å². The molecule has 0 saturated heterocycles. The zero-order chi connectivity index (χ0) is 14.4. The molecule has 2 atom stereocenters. The molecule has 20 heavy (non-hydrogen) atoms. The predicted molar refractivity (Wildman–Crippen MR) is 86.6 cm³/mol. The van der Waals surface area contributed by atoms with E-state index in [4.69, 9.17) is 5.73 Å². The van der Waals surface area contributed by atoms with E-state index in [1.165, 1.54) is 37.7 Å². The molecule has 1 aliphatic rings. The van der Waals surface area contributed by atoms with E-state index in [1.807, 2.05) is 6.07 Å². The quantitative estimate of drug-likeness (QED) is 0.826. The first-order valence-corrected chi connectivity index (χ1v) is 8.12. The Morgan fingerprint density at radius 1 is 1.15 bits per heavy atom. The second-order valence-corrected chi connectivity index (χ2v) is 6.92. The van der Waals surface area contributed by atoms with Crippen molar-refractivity contribution in [2.45, 2.75) is 52.0 Å². The van der Waals surface area contributed by atoms with Crippen LogP contribution in [0.5, 0.6) is 0 Å². The van der Waals surface area contributed by atoms with Gasteiger partial charge in [-0.2, -0.15) is 0 Å². The summed E-state index contributed by atoms with van der Waals surface area (Å²) in [6, 6.07) is 10.6. The molecule has 1 aliphatic carbocycles. The summed E-state index contributed by atoms with van der Waals surface area (Å²) in [7, 11) is 0. The lowest BCUT2D eigenvalue weighted by Crippen LogP contribution is -2.37. The van der Waals surface area contributed by atoms with Gasteiger partial charge in [-0.15, -0.1) is 0 Å².